The molecule has 0 aromatic carbocycles. The quantitative estimate of drug-likeness (QED) is 0.679. The van der Waals surface area contributed by atoms with Crippen molar-refractivity contribution in [1.82, 2.24) is 14.9 Å². The minimum Gasteiger partial charge on any atom is -0.384 e. The summed E-state index contributed by atoms with van der Waals surface area (Å²) in [6, 6.07) is 9.25. The average molecular weight is 425 g/mol. The number of nitrogen functional groups attached to an aromatic ring is 1. The first kappa shape index (κ1) is 19.1. The van der Waals surface area contributed by atoms with Gasteiger partial charge in [0.25, 0.3) is 5.91 Å². The number of carbonyl (C=O) groups is 1. The zero-order valence-corrected chi connectivity index (χ0v) is 17.1. The lowest BCUT2D eigenvalue weighted by atomic mass is 9.82. The summed E-state index contributed by atoms with van der Waals surface area (Å²) in [6.45, 7) is 1.69. The van der Waals surface area contributed by atoms with Gasteiger partial charge in [-0.3, -0.25) is 9.78 Å². The summed E-state index contributed by atoms with van der Waals surface area (Å²) in [5.74, 6) is -0.383. The topological polar surface area (TPSA) is 81.3 Å². The van der Waals surface area contributed by atoms with Crippen molar-refractivity contribution in [3.63, 3.8) is 0 Å². The Labute approximate surface area is 177 Å². The molecule has 0 atom stereocenters. The van der Waals surface area contributed by atoms with Gasteiger partial charge in [-0.2, -0.15) is 0 Å². The smallest absolute Gasteiger partial charge is 0.256 e. The fourth-order valence-corrected chi connectivity index (χ4v) is 5.54. The number of ether oxygens (including phenoxy) is 1. The number of anilines is 1. The molecular formula is C22H21FN4O2S. The average Bonchev–Trinajstić information content (AvgIpc) is 3.21. The number of fused-ring (bicyclic) bond motifs is 2. The van der Waals surface area contributed by atoms with Crippen molar-refractivity contribution in [3.05, 3.63) is 64.5 Å². The standard InChI is InChI=1S/C22H21FN4O2S/c23-16-13-25-8-4-14(16)21(28)27-9-6-22(7-10-27)15-12-19(30-18(15)5-11-29-22)17-2-1-3-20(24)26-17/h1-4,8,12-13H,5-7,9-11H2,(H2,24,26). The van der Waals surface area contributed by atoms with E-state index in [0.29, 0.717) is 38.4 Å². The highest BCUT2D eigenvalue weighted by Crippen LogP contribution is 2.46. The Balaban J connectivity index is 1.39. The summed E-state index contributed by atoms with van der Waals surface area (Å²) in [4.78, 5) is 25.0. The predicted molar refractivity (Wildman–Crippen MR) is 113 cm³/mol. The summed E-state index contributed by atoms with van der Waals surface area (Å²) in [5.41, 5.74) is 7.58. The monoisotopic (exact) mass is 424 g/mol. The van der Waals surface area contributed by atoms with Crippen LogP contribution in [0.5, 0.6) is 0 Å². The van der Waals surface area contributed by atoms with E-state index in [9.17, 15) is 9.18 Å². The Morgan fingerprint density at radius 2 is 2.10 bits per heavy atom. The molecule has 154 valence electrons. The molecule has 8 heteroatoms. The number of likely N-dealkylation sites (tertiary alicyclic amines) is 1. The maximum Gasteiger partial charge on any atom is 0.256 e. The lowest BCUT2D eigenvalue weighted by Crippen LogP contribution is -2.48. The van der Waals surface area contributed by atoms with Crippen molar-refractivity contribution in [2.24, 2.45) is 0 Å². The van der Waals surface area contributed by atoms with Gasteiger partial charge in [0.2, 0.25) is 0 Å². The Morgan fingerprint density at radius 3 is 2.87 bits per heavy atom. The number of amides is 1. The number of aromatic nitrogens is 2. The predicted octanol–water partition coefficient (Wildman–Crippen LogP) is 3.63. The SMILES string of the molecule is Nc1cccc(-c2cc3c(s2)CCOC32CCN(C(=O)c3ccncc3F)CC2)n1. The van der Waals surface area contributed by atoms with E-state index < -0.39 is 11.4 Å². The van der Waals surface area contributed by atoms with E-state index in [0.717, 1.165) is 23.2 Å². The second-order valence-corrected chi connectivity index (χ2v) is 8.77. The van der Waals surface area contributed by atoms with Crippen LogP contribution < -0.4 is 5.73 Å². The van der Waals surface area contributed by atoms with Crippen LogP contribution >= 0.6 is 11.3 Å². The van der Waals surface area contributed by atoms with Crippen molar-refractivity contribution in [3.8, 4) is 10.6 Å². The van der Waals surface area contributed by atoms with Crippen LogP contribution in [0.25, 0.3) is 10.6 Å². The van der Waals surface area contributed by atoms with Crippen molar-refractivity contribution in [2.45, 2.75) is 24.9 Å². The Morgan fingerprint density at radius 1 is 1.27 bits per heavy atom. The number of rotatable bonds is 2. The molecule has 1 saturated heterocycles. The lowest BCUT2D eigenvalue weighted by Gasteiger charge is -2.44. The molecule has 0 aliphatic carbocycles. The normalized spacial score (nSPS) is 17.7. The molecule has 3 aromatic heterocycles. The second-order valence-electron chi connectivity index (χ2n) is 7.64. The van der Waals surface area contributed by atoms with Crippen LogP contribution in [0, 0.1) is 5.82 Å². The number of pyridine rings is 2. The van der Waals surface area contributed by atoms with Gasteiger partial charge in [0.05, 0.1) is 34.5 Å². The van der Waals surface area contributed by atoms with Gasteiger partial charge >= 0.3 is 0 Å². The molecule has 0 radical (unpaired) electrons. The minimum absolute atomic E-state index is 0.0664. The lowest BCUT2D eigenvalue weighted by molar-refractivity contribution is -0.0926. The molecule has 0 bridgehead atoms. The van der Waals surface area contributed by atoms with Crippen LogP contribution in [0.1, 0.15) is 33.6 Å². The molecule has 0 saturated carbocycles. The molecule has 6 nitrogen and oxygen atoms in total. The van der Waals surface area contributed by atoms with E-state index in [4.69, 9.17) is 10.5 Å². The van der Waals surface area contributed by atoms with Crippen LogP contribution in [-0.4, -0.2) is 40.5 Å². The van der Waals surface area contributed by atoms with Crippen LogP contribution in [0.3, 0.4) is 0 Å². The van der Waals surface area contributed by atoms with Crippen molar-refractivity contribution >= 4 is 23.1 Å². The molecule has 1 spiro atoms. The van der Waals surface area contributed by atoms with Crippen molar-refractivity contribution < 1.29 is 13.9 Å². The van der Waals surface area contributed by atoms with Gasteiger partial charge in [-0.05, 0) is 42.7 Å². The van der Waals surface area contributed by atoms with E-state index in [1.807, 2.05) is 12.1 Å². The summed E-state index contributed by atoms with van der Waals surface area (Å²) < 4.78 is 20.3. The molecule has 1 amide bonds. The highest BCUT2D eigenvalue weighted by atomic mass is 32.1. The number of thiophene rings is 1. The Hall–Kier alpha value is -2.84. The first-order chi connectivity index (χ1) is 14.6. The maximum atomic E-state index is 14.0. The number of piperidine rings is 1. The van der Waals surface area contributed by atoms with E-state index in [2.05, 4.69) is 16.0 Å². The molecule has 5 rings (SSSR count). The number of nitrogens with zero attached hydrogens (tertiary/aromatic N) is 3. The minimum atomic E-state index is -0.587. The molecule has 5 heterocycles. The summed E-state index contributed by atoms with van der Waals surface area (Å²) >= 11 is 1.74. The number of halogens is 1. The molecule has 2 aliphatic heterocycles. The fraction of sp³-hybridized carbons (Fsp3) is 0.318. The number of hydrogen-bond donors (Lipinski definition) is 1. The zero-order valence-electron chi connectivity index (χ0n) is 16.3. The van der Waals surface area contributed by atoms with E-state index >= 15 is 0 Å². The molecule has 2 N–H and O–H groups in total. The molecule has 2 aliphatic rings. The third kappa shape index (κ3) is 3.26. The fourth-order valence-electron chi connectivity index (χ4n) is 4.34. The second kappa shape index (κ2) is 7.45. The molecule has 0 unspecified atom stereocenters. The number of carbonyl (C=O) groups excluding carboxylic acids is 1. The number of hydrogen-bond acceptors (Lipinski definition) is 6. The Bertz CT molecular complexity index is 1110. The van der Waals surface area contributed by atoms with Crippen LogP contribution in [0.2, 0.25) is 0 Å². The highest BCUT2D eigenvalue weighted by Gasteiger charge is 2.43. The van der Waals surface area contributed by atoms with Gasteiger partial charge in [0.15, 0.2) is 5.82 Å². The van der Waals surface area contributed by atoms with Crippen LogP contribution in [-0.2, 0) is 16.8 Å². The first-order valence-electron chi connectivity index (χ1n) is 9.95. The summed E-state index contributed by atoms with van der Waals surface area (Å²) in [6.07, 6.45) is 4.74. The molecule has 30 heavy (non-hydrogen) atoms. The Kier molecular flexibility index (Phi) is 4.75. The molecule has 3 aromatic rings. The summed E-state index contributed by atoms with van der Waals surface area (Å²) in [7, 11) is 0. The van der Waals surface area contributed by atoms with E-state index in [1.165, 1.54) is 22.7 Å². The largest absolute Gasteiger partial charge is 0.384 e. The molecule has 1 fully saturated rings. The maximum absolute atomic E-state index is 14.0. The van der Waals surface area contributed by atoms with Gasteiger partial charge in [0, 0.05) is 30.6 Å². The zero-order chi connectivity index (χ0) is 20.7. The van der Waals surface area contributed by atoms with Gasteiger partial charge < -0.3 is 15.4 Å². The van der Waals surface area contributed by atoms with Gasteiger partial charge in [-0.1, -0.05) is 6.07 Å². The van der Waals surface area contributed by atoms with E-state index in [1.54, 1.807) is 22.3 Å². The summed E-state index contributed by atoms with van der Waals surface area (Å²) in [5, 5.41) is 0. The highest BCUT2D eigenvalue weighted by molar-refractivity contribution is 7.15. The van der Waals surface area contributed by atoms with E-state index in [-0.39, 0.29) is 11.5 Å². The number of nitrogens with two attached hydrogens (primary N) is 1. The molecular weight excluding hydrogens is 403 g/mol. The van der Waals surface area contributed by atoms with Gasteiger partial charge in [-0.25, -0.2) is 9.37 Å². The van der Waals surface area contributed by atoms with Gasteiger partial charge in [-0.15, -0.1) is 11.3 Å². The van der Waals surface area contributed by atoms with Crippen molar-refractivity contribution in [2.75, 3.05) is 25.4 Å². The van der Waals surface area contributed by atoms with Crippen LogP contribution in [0.4, 0.5) is 10.2 Å². The van der Waals surface area contributed by atoms with Crippen molar-refractivity contribution in [1.29, 1.82) is 0 Å². The van der Waals surface area contributed by atoms with Crippen LogP contribution in [0.15, 0.2) is 42.7 Å². The van der Waals surface area contributed by atoms with Gasteiger partial charge in [0.1, 0.15) is 5.82 Å². The first-order valence-corrected chi connectivity index (χ1v) is 10.8. The third-order valence-electron chi connectivity index (χ3n) is 5.89. The third-order valence-corrected chi connectivity index (χ3v) is 7.11.